The largest absolute Gasteiger partial charge is 0.295 e. The number of fused-ring (bicyclic) bond motifs is 1. The highest BCUT2D eigenvalue weighted by molar-refractivity contribution is 6.30. The molecule has 0 atom stereocenters. The summed E-state index contributed by atoms with van der Waals surface area (Å²) in [5, 5.41) is 8.44. The van der Waals surface area contributed by atoms with Crippen molar-refractivity contribution in [1.82, 2.24) is 14.9 Å². The van der Waals surface area contributed by atoms with E-state index in [1.807, 2.05) is 61.5 Å². The van der Waals surface area contributed by atoms with E-state index in [0.29, 0.717) is 27.4 Å². The molecule has 5 aromatic rings. The molecule has 0 aliphatic rings. The Kier molecular flexibility index (Phi) is 5.28. The van der Waals surface area contributed by atoms with E-state index in [1.165, 1.54) is 4.68 Å². The van der Waals surface area contributed by atoms with Gasteiger partial charge in [0.15, 0.2) is 0 Å². The van der Waals surface area contributed by atoms with Crippen LogP contribution in [0.3, 0.4) is 0 Å². The minimum Gasteiger partial charge on any atom is -0.272 e. The smallest absolute Gasteiger partial charge is 0.272 e. The van der Waals surface area contributed by atoms with Crippen LogP contribution in [0.4, 0.5) is 0 Å². The first-order valence-corrected chi connectivity index (χ1v) is 10.7. The molecule has 0 saturated carbocycles. The van der Waals surface area contributed by atoms with Gasteiger partial charge in [-0.15, -0.1) is 0 Å². The van der Waals surface area contributed by atoms with Crippen LogP contribution in [0.5, 0.6) is 0 Å². The Morgan fingerprint density at radius 1 is 0.939 bits per heavy atom. The Bertz CT molecular complexity index is 1550. The number of carbonyl (C=O) groups is 1. The summed E-state index contributed by atoms with van der Waals surface area (Å²) in [6, 6.07) is 25.8. The topological polar surface area (TPSA) is 79.8 Å². The van der Waals surface area contributed by atoms with Crippen molar-refractivity contribution in [2.75, 3.05) is 5.43 Å². The highest BCUT2D eigenvalue weighted by atomic mass is 35.5. The number of aromatic amines is 1. The van der Waals surface area contributed by atoms with Gasteiger partial charge < -0.3 is 0 Å². The van der Waals surface area contributed by atoms with Crippen molar-refractivity contribution >= 4 is 28.4 Å². The molecule has 0 aliphatic heterocycles. The van der Waals surface area contributed by atoms with E-state index in [2.05, 4.69) is 15.6 Å². The van der Waals surface area contributed by atoms with E-state index in [0.717, 1.165) is 16.7 Å². The van der Waals surface area contributed by atoms with Gasteiger partial charge in [-0.2, -0.15) is 5.10 Å². The van der Waals surface area contributed by atoms with Gasteiger partial charge in [-0.25, -0.2) is 4.68 Å². The quantitative estimate of drug-likeness (QED) is 0.381. The first-order chi connectivity index (χ1) is 16.0. The highest BCUT2D eigenvalue weighted by Crippen LogP contribution is 2.29. The van der Waals surface area contributed by atoms with Crippen molar-refractivity contribution in [3.8, 4) is 22.5 Å². The number of hydrogen-bond acceptors (Lipinski definition) is 3. The Morgan fingerprint density at radius 2 is 1.70 bits per heavy atom. The predicted molar refractivity (Wildman–Crippen MR) is 131 cm³/mol. The van der Waals surface area contributed by atoms with Gasteiger partial charge >= 0.3 is 0 Å². The molecule has 2 heterocycles. The number of amides is 1. The number of nitrogens with zero attached hydrogens (tertiary/aromatic N) is 2. The van der Waals surface area contributed by atoms with Gasteiger partial charge in [-0.05, 0) is 37.3 Å². The van der Waals surface area contributed by atoms with Gasteiger partial charge in [0.25, 0.3) is 11.5 Å². The van der Waals surface area contributed by atoms with E-state index in [1.54, 1.807) is 30.3 Å². The van der Waals surface area contributed by atoms with Crippen molar-refractivity contribution in [2.24, 2.45) is 0 Å². The highest BCUT2D eigenvalue weighted by Gasteiger charge is 2.19. The number of pyridine rings is 1. The maximum Gasteiger partial charge on any atom is 0.295 e. The molecular formula is C26H19ClN4O2. The zero-order valence-electron chi connectivity index (χ0n) is 17.7. The number of rotatable bonds is 4. The first kappa shape index (κ1) is 20.7. The number of hydrogen-bond donors (Lipinski definition) is 2. The summed E-state index contributed by atoms with van der Waals surface area (Å²) in [4.78, 5) is 26.5. The van der Waals surface area contributed by atoms with Crippen LogP contribution < -0.4 is 11.0 Å². The van der Waals surface area contributed by atoms with Gasteiger partial charge in [0.05, 0.1) is 5.69 Å². The molecule has 7 heteroatoms. The monoisotopic (exact) mass is 454 g/mol. The van der Waals surface area contributed by atoms with Crippen LogP contribution in [0.1, 0.15) is 15.9 Å². The number of H-pyrrole nitrogens is 1. The molecule has 0 aliphatic carbocycles. The summed E-state index contributed by atoms with van der Waals surface area (Å²) in [5.41, 5.74) is 6.77. The van der Waals surface area contributed by atoms with Crippen LogP contribution in [-0.4, -0.2) is 20.8 Å². The van der Waals surface area contributed by atoms with Crippen LogP contribution in [0.2, 0.25) is 5.02 Å². The third kappa shape index (κ3) is 3.92. The zero-order valence-corrected chi connectivity index (χ0v) is 18.4. The van der Waals surface area contributed by atoms with Crippen LogP contribution in [0.15, 0.2) is 89.7 Å². The Morgan fingerprint density at radius 3 is 2.45 bits per heavy atom. The SMILES string of the molecule is Cc1cccc(C(=O)Nn2c(-c3ccccc3)cc3c(-c4cccc(Cl)c4)n[nH]c3c2=O)c1. The summed E-state index contributed by atoms with van der Waals surface area (Å²) in [6.45, 7) is 1.91. The Balaban J connectivity index is 1.71. The lowest BCUT2D eigenvalue weighted by molar-refractivity contribution is 0.101. The lowest BCUT2D eigenvalue weighted by atomic mass is 10.1. The first-order valence-electron chi connectivity index (χ1n) is 10.3. The van der Waals surface area contributed by atoms with Gasteiger partial charge in [-0.3, -0.25) is 20.1 Å². The molecular weight excluding hydrogens is 436 g/mol. The Hall–Kier alpha value is -4.16. The lowest BCUT2D eigenvalue weighted by Gasteiger charge is -2.15. The average Bonchev–Trinajstić information content (AvgIpc) is 3.25. The lowest BCUT2D eigenvalue weighted by Crippen LogP contribution is -2.34. The number of benzene rings is 3. The number of aryl methyl sites for hydroxylation is 1. The number of aromatic nitrogens is 3. The standard InChI is InChI=1S/C26H19ClN4O2/c1-16-7-5-11-19(13-16)25(32)30-31-22(17-8-3-2-4-9-17)15-21-23(28-29-24(21)26(31)33)18-10-6-12-20(27)14-18/h2-15H,1H3,(H,28,29)(H,30,32). The summed E-state index contributed by atoms with van der Waals surface area (Å²) >= 11 is 6.17. The van der Waals surface area contributed by atoms with Crippen LogP contribution in [0.25, 0.3) is 33.4 Å². The number of nitrogens with one attached hydrogen (secondary N) is 2. The van der Waals surface area contributed by atoms with E-state index < -0.39 is 5.56 Å². The van der Waals surface area contributed by atoms with E-state index >= 15 is 0 Å². The minimum atomic E-state index is -0.409. The van der Waals surface area contributed by atoms with E-state index in [-0.39, 0.29) is 11.4 Å². The molecule has 2 aromatic heterocycles. The molecule has 162 valence electrons. The maximum absolute atomic E-state index is 13.5. The third-order valence-corrected chi connectivity index (χ3v) is 5.64. The fraction of sp³-hybridized carbons (Fsp3) is 0.0385. The number of halogens is 1. The molecule has 6 nitrogen and oxygen atoms in total. The van der Waals surface area contributed by atoms with Gasteiger partial charge in [0, 0.05) is 27.1 Å². The molecule has 0 bridgehead atoms. The summed E-state index contributed by atoms with van der Waals surface area (Å²) in [7, 11) is 0. The number of carbonyl (C=O) groups excluding carboxylic acids is 1. The molecule has 2 N–H and O–H groups in total. The maximum atomic E-state index is 13.5. The molecule has 0 saturated heterocycles. The van der Waals surface area contributed by atoms with Crippen LogP contribution >= 0.6 is 11.6 Å². The normalized spacial score (nSPS) is 11.0. The van der Waals surface area contributed by atoms with Crippen molar-refractivity contribution in [2.45, 2.75) is 6.92 Å². The third-order valence-electron chi connectivity index (χ3n) is 5.40. The minimum absolute atomic E-state index is 0.286. The Labute approximate surface area is 194 Å². The molecule has 5 rings (SSSR count). The average molecular weight is 455 g/mol. The van der Waals surface area contributed by atoms with Crippen LogP contribution in [0, 0.1) is 6.92 Å². The van der Waals surface area contributed by atoms with Gasteiger partial charge in [0.1, 0.15) is 11.2 Å². The van der Waals surface area contributed by atoms with Crippen molar-refractivity contribution in [1.29, 1.82) is 0 Å². The molecule has 0 fully saturated rings. The second kappa shape index (κ2) is 8.41. The fourth-order valence-electron chi connectivity index (χ4n) is 3.82. The molecule has 0 radical (unpaired) electrons. The molecule has 0 spiro atoms. The summed E-state index contributed by atoms with van der Waals surface area (Å²) in [6.07, 6.45) is 0. The fourth-order valence-corrected chi connectivity index (χ4v) is 4.01. The van der Waals surface area contributed by atoms with Gasteiger partial charge in [0.2, 0.25) is 0 Å². The second-order valence-corrected chi connectivity index (χ2v) is 8.15. The summed E-state index contributed by atoms with van der Waals surface area (Å²) < 4.78 is 1.27. The molecule has 3 aromatic carbocycles. The molecule has 0 unspecified atom stereocenters. The van der Waals surface area contributed by atoms with Crippen molar-refractivity contribution < 1.29 is 4.79 Å². The summed E-state index contributed by atoms with van der Waals surface area (Å²) in [5.74, 6) is -0.382. The van der Waals surface area contributed by atoms with Gasteiger partial charge in [-0.1, -0.05) is 71.8 Å². The van der Waals surface area contributed by atoms with E-state index in [4.69, 9.17) is 11.6 Å². The van der Waals surface area contributed by atoms with Crippen molar-refractivity contribution in [3.05, 3.63) is 111 Å². The molecule has 33 heavy (non-hydrogen) atoms. The zero-order chi connectivity index (χ0) is 22.9. The second-order valence-electron chi connectivity index (χ2n) is 7.72. The predicted octanol–water partition coefficient (Wildman–Crippen LogP) is 5.40. The van der Waals surface area contributed by atoms with Crippen molar-refractivity contribution in [3.63, 3.8) is 0 Å². The van der Waals surface area contributed by atoms with Crippen LogP contribution in [-0.2, 0) is 0 Å². The van der Waals surface area contributed by atoms with E-state index in [9.17, 15) is 9.59 Å². The molecule has 1 amide bonds.